The van der Waals surface area contributed by atoms with Gasteiger partial charge in [-0.2, -0.15) is 0 Å². The monoisotopic (exact) mass is 196 g/mol. The zero-order valence-electron chi connectivity index (χ0n) is 7.77. The first kappa shape index (κ1) is 15.3. The summed E-state index contributed by atoms with van der Waals surface area (Å²) < 4.78 is 4.18. The fourth-order valence-electron chi connectivity index (χ4n) is 1.01. The molecule has 0 spiro atoms. The first-order valence-electron chi connectivity index (χ1n) is 4.21. The second kappa shape index (κ2) is 8.42. The van der Waals surface area contributed by atoms with Crippen LogP contribution in [-0.2, 0) is 0 Å². The third-order valence-corrected chi connectivity index (χ3v) is 1.74. The van der Waals surface area contributed by atoms with Gasteiger partial charge in [0.1, 0.15) is 20.3 Å². The molecule has 2 nitrogen and oxygen atoms in total. The van der Waals surface area contributed by atoms with Crippen LogP contribution in [0.4, 0.5) is 0 Å². The normalized spacial score (nSPS) is 15.9. The van der Waals surface area contributed by atoms with E-state index < -0.39 is 0 Å². The highest BCUT2D eigenvalue weighted by Crippen LogP contribution is 1.85. The zero-order chi connectivity index (χ0) is 8.81. The highest BCUT2D eigenvalue weighted by molar-refractivity contribution is 5.67. The molecule has 2 heteroatoms. The molecule has 0 N–H and O–H groups in total. The average Bonchev–Trinajstić information content (AvgIpc) is 2.63. The lowest BCUT2D eigenvalue weighted by Crippen LogP contribution is -1.98. The first-order chi connectivity index (χ1) is 5.79. The van der Waals surface area contributed by atoms with Gasteiger partial charge in [-0.25, -0.2) is 9.15 Å². The molecule has 0 saturated carbocycles. The molecule has 0 unspecified atom stereocenters. The molecule has 0 atom stereocenters. The molecule has 0 saturated heterocycles. The van der Waals surface area contributed by atoms with Crippen molar-refractivity contribution in [2.75, 3.05) is 20.6 Å². The maximum atomic E-state index is 2.12. The number of nitrogens with zero attached hydrogens (tertiary/aromatic N) is 2. The molecular formula is C12H24N2+2. The topological polar surface area (TPSA) is 6.02 Å². The van der Waals surface area contributed by atoms with E-state index in [9.17, 15) is 0 Å². The van der Waals surface area contributed by atoms with Crippen LogP contribution in [-0.4, -0.2) is 42.2 Å². The molecule has 0 amide bonds. The molecule has 0 fully saturated rings. The Morgan fingerprint density at radius 1 is 1.07 bits per heavy atom. The molecule has 0 aromatic carbocycles. The lowest BCUT2D eigenvalue weighted by Gasteiger charge is -1.76. The minimum Gasteiger partial charge on any atom is -0.235 e. The summed E-state index contributed by atoms with van der Waals surface area (Å²) >= 11 is 0. The molecule has 80 valence electrons. The van der Waals surface area contributed by atoms with Crippen molar-refractivity contribution >= 4 is 12.4 Å². The zero-order valence-corrected chi connectivity index (χ0v) is 7.77. The predicted molar refractivity (Wildman–Crippen MR) is 65.7 cm³/mol. The van der Waals surface area contributed by atoms with Crippen LogP contribution in [0.3, 0.4) is 0 Å². The maximum Gasteiger partial charge on any atom is 0.164 e. The Kier molecular flexibility index (Phi) is 9.20. The molecule has 0 radical (unpaired) electrons. The summed E-state index contributed by atoms with van der Waals surface area (Å²) in [6.07, 6.45) is 13.6. The van der Waals surface area contributed by atoms with E-state index in [-0.39, 0.29) is 14.9 Å². The standard InChI is InChI=1S/2C5H8N.2CH4/c2*1-6-4-2-3-5-6;;/h2,4-5H,3H2,1H3;2-4H,5H2,1H3;2*1H4/q2*+1;;. The first-order valence-corrected chi connectivity index (χ1v) is 4.21. The van der Waals surface area contributed by atoms with Crippen molar-refractivity contribution in [2.45, 2.75) is 21.3 Å². The molecule has 2 heterocycles. The van der Waals surface area contributed by atoms with Gasteiger partial charge in [-0.3, -0.25) is 0 Å². The summed E-state index contributed by atoms with van der Waals surface area (Å²) in [5, 5.41) is 0. The smallest absolute Gasteiger partial charge is 0.164 e. The summed E-state index contributed by atoms with van der Waals surface area (Å²) in [5.41, 5.74) is 0. The highest BCUT2D eigenvalue weighted by Gasteiger charge is 1.92. The van der Waals surface area contributed by atoms with Crippen LogP contribution in [0.2, 0.25) is 0 Å². The van der Waals surface area contributed by atoms with E-state index in [1.807, 2.05) is 7.05 Å². The van der Waals surface area contributed by atoms with Crippen LogP contribution in [0, 0.1) is 0 Å². The molecular weight excluding hydrogens is 172 g/mol. The fraction of sp³-hybridized carbons (Fsp3) is 0.500. The van der Waals surface area contributed by atoms with Crippen molar-refractivity contribution < 1.29 is 9.15 Å². The van der Waals surface area contributed by atoms with E-state index in [0.29, 0.717) is 0 Å². The number of hydrogen-bond acceptors (Lipinski definition) is 0. The third-order valence-electron chi connectivity index (χ3n) is 1.74. The average molecular weight is 196 g/mol. The summed E-state index contributed by atoms with van der Waals surface area (Å²) in [4.78, 5) is 0. The number of hydrogen-bond donors (Lipinski definition) is 0. The van der Waals surface area contributed by atoms with E-state index in [2.05, 4.69) is 53.1 Å². The van der Waals surface area contributed by atoms with Gasteiger partial charge in [0.15, 0.2) is 19.0 Å². The second-order valence-electron chi connectivity index (χ2n) is 2.99. The molecule has 2 aliphatic heterocycles. The third kappa shape index (κ3) is 6.35. The van der Waals surface area contributed by atoms with Crippen LogP contribution >= 0.6 is 0 Å². The highest BCUT2D eigenvalue weighted by atomic mass is 15.0. The molecule has 2 aliphatic rings. The van der Waals surface area contributed by atoms with Crippen molar-refractivity contribution in [2.24, 2.45) is 0 Å². The van der Waals surface area contributed by atoms with Gasteiger partial charge in [-0.05, 0) is 12.2 Å². The Balaban J connectivity index is 0. The van der Waals surface area contributed by atoms with E-state index in [1.54, 1.807) is 0 Å². The Hall–Kier alpha value is -1.18. The van der Waals surface area contributed by atoms with Crippen LogP contribution < -0.4 is 0 Å². The summed E-state index contributed by atoms with van der Waals surface area (Å²) in [6.45, 7) is 1.08. The van der Waals surface area contributed by atoms with Crippen LogP contribution in [0.5, 0.6) is 0 Å². The quantitative estimate of drug-likeness (QED) is 0.524. The Morgan fingerprint density at radius 2 is 1.79 bits per heavy atom. The van der Waals surface area contributed by atoms with E-state index in [1.165, 1.54) is 0 Å². The summed E-state index contributed by atoms with van der Waals surface area (Å²) in [5.74, 6) is 0. The van der Waals surface area contributed by atoms with Crippen LogP contribution in [0.15, 0.2) is 24.4 Å². The number of allylic oxidation sites excluding steroid dienone is 2. The van der Waals surface area contributed by atoms with Gasteiger partial charge in [0.25, 0.3) is 0 Å². The molecule has 2 rings (SSSR count). The van der Waals surface area contributed by atoms with Crippen molar-refractivity contribution in [3.63, 3.8) is 0 Å². The van der Waals surface area contributed by atoms with Gasteiger partial charge in [0, 0.05) is 12.5 Å². The fourth-order valence-corrected chi connectivity index (χ4v) is 1.01. The van der Waals surface area contributed by atoms with Crippen molar-refractivity contribution in [1.29, 1.82) is 0 Å². The van der Waals surface area contributed by atoms with Gasteiger partial charge in [-0.1, -0.05) is 14.9 Å². The van der Waals surface area contributed by atoms with Gasteiger partial charge >= 0.3 is 0 Å². The van der Waals surface area contributed by atoms with Gasteiger partial charge in [0.05, 0.1) is 0 Å². The second-order valence-corrected chi connectivity index (χ2v) is 2.99. The number of likely N-dealkylation sites (N-methyl/N-ethyl adjacent to an activating group) is 1. The van der Waals surface area contributed by atoms with Crippen LogP contribution in [0.1, 0.15) is 21.3 Å². The van der Waals surface area contributed by atoms with E-state index >= 15 is 0 Å². The summed E-state index contributed by atoms with van der Waals surface area (Å²) in [7, 11) is 4.09. The molecule has 14 heavy (non-hydrogen) atoms. The molecule has 0 aliphatic carbocycles. The van der Waals surface area contributed by atoms with Crippen molar-refractivity contribution in [3.05, 3.63) is 24.4 Å². The Bertz CT molecular complexity index is 255. The van der Waals surface area contributed by atoms with Gasteiger partial charge in [-0.15, -0.1) is 0 Å². The minimum atomic E-state index is 0. The lowest BCUT2D eigenvalue weighted by molar-refractivity contribution is -0.477. The van der Waals surface area contributed by atoms with Gasteiger partial charge in [0.2, 0.25) is 0 Å². The predicted octanol–water partition coefficient (Wildman–Crippen LogP) is 2.16. The van der Waals surface area contributed by atoms with Gasteiger partial charge < -0.3 is 0 Å². The molecule has 0 aromatic heterocycles. The van der Waals surface area contributed by atoms with Crippen LogP contribution in [0.25, 0.3) is 0 Å². The van der Waals surface area contributed by atoms with Crippen molar-refractivity contribution in [1.82, 2.24) is 0 Å². The molecule has 0 aromatic rings. The molecule has 0 bridgehead atoms. The maximum absolute atomic E-state index is 2.12. The van der Waals surface area contributed by atoms with E-state index in [4.69, 9.17) is 0 Å². The summed E-state index contributed by atoms with van der Waals surface area (Å²) in [6, 6.07) is 0. The Labute approximate surface area is 88.6 Å². The largest absolute Gasteiger partial charge is 0.235 e. The minimum absolute atomic E-state index is 0. The Morgan fingerprint density at radius 3 is 1.93 bits per heavy atom. The number of rotatable bonds is 0. The SMILES string of the molecule is C.C.C[N+]1=CC=CC1.C[N+]1=CCC=C1. The van der Waals surface area contributed by atoms with Crippen molar-refractivity contribution in [3.8, 4) is 0 Å². The lowest BCUT2D eigenvalue weighted by atomic mass is 10.5. The van der Waals surface area contributed by atoms with E-state index in [0.717, 1.165) is 13.0 Å².